The summed E-state index contributed by atoms with van der Waals surface area (Å²) in [5, 5.41) is 24.1. The van der Waals surface area contributed by atoms with Gasteiger partial charge in [-0.05, 0) is 185 Å². The van der Waals surface area contributed by atoms with Crippen LogP contribution in [-0.2, 0) is 51.7 Å². The van der Waals surface area contributed by atoms with Gasteiger partial charge >= 0.3 is 0 Å². The van der Waals surface area contributed by atoms with Crippen LogP contribution in [-0.4, -0.2) is 169 Å². The molecule has 0 spiro atoms. The number of fused-ring (bicyclic) bond motifs is 4. The van der Waals surface area contributed by atoms with Crippen molar-refractivity contribution in [3.63, 3.8) is 0 Å². The van der Waals surface area contributed by atoms with E-state index in [0.717, 1.165) is 172 Å². The molecule has 2 aliphatic carbocycles. The molecule has 602 valence electrons. The van der Waals surface area contributed by atoms with E-state index in [1.54, 1.807) is 24.3 Å². The molecular formula is C97H94N12O10. The van der Waals surface area contributed by atoms with Crippen LogP contribution in [0, 0.1) is 0 Å². The van der Waals surface area contributed by atoms with Gasteiger partial charge in [-0.15, -0.1) is 0 Å². The number of aromatic nitrogens is 4. The summed E-state index contributed by atoms with van der Waals surface area (Å²) in [6.45, 7) is 10.8. The molecular weight excluding hydrogens is 1490 g/mol. The van der Waals surface area contributed by atoms with Crippen LogP contribution in [0.2, 0.25) is 0 Å². The summed E-state index contributed by atoms with van der Waals surface area (Å²) in [6, 6.07) is 71.3. The highest BCUT2D eigenvalue weighted by atomic mass is 16.5. The Morgan fingerprint density at radius 2 is 0.815 bits per heavy atom. The Bertz CT molecular complexity index is 5660. The number of carbonyl (C=O) groups excluding carboxylic acids is 8. The quantitative estimate of drug-likeness (QED) is 0.0566. The van der Waals surface area contributed by atoms with Crippen LogP contribution in [0.1, 0.15) is 167 Å². The lowest BCUT2D eigenvalue weighted by atomic mass is 9.69. The topological polar surface area (TPSA) is 245 Å². The van der Waals surface area contributed by atoms with E-state index in [1.165, 1.54) is 44.5 Å². The minimum absolute atomic E-state index is 0.0959. The number of phenols is 1. The van der Waals surface area contributed by atoms with E-state index in [4.69, 9.17) is 9.84 Å². The SMILES string of the molecule is O=C1CCC(N2C(=O)c3ccc(N4CCN(CCCn5cc(-c6ccc(C7c8ccc(O)cc8CC[C@@H]7c7ccccc7)cc6)cn5)CC4)cc3C2=O)C(=O)N1.O=C1CCC(N2C(=O)c3ccc(N4CCN(CCCn5cc(-c6ccc(C7c8ccc(OCc9ccccc9)cc8CC[C@@H]7c7ccccc7)cc6)cn5)CC4)cc3C2=O)C(=O)N1. The Morgan fingerprint density at radius 1 is 0.387 bits per heavy atom. The summed E-state index contributed by atoms with van der Waals surface area (Å²) in [5.41, 5.74) is 19.2. The Kier molecular flexibility index (Phi) is 22.1. The van der Waals surface area contributed by atoms with Crippen LogP contribution >= 0.6 is 0 Å². The number of aryl methyl sites for hydroxylation is 4. The van der Waals surface area contributed by atoms with Crippen molar-refractivity contribution in [2.24, 2.45) is 0 Å². The van der Waals surface area contributed by atoms with E-state index >= 15 is 0 Å². The van der Waals surface area contributed by atoms with Crippen molar-refractivity contribution in [3.8, 4) is 33.8 Å². The summed E-state index contributed by atoms with van der Waals surface area (Å²) < 4.78 is 10.3. The normalized spacial score (nSPS) is 20.6. The van der Waals surface area contributed by atoms with Gasteiger partial charge in [0.15, 0.2) is 0 Å². The largest absolute Gasteiger partial charge is 0.508 e. The minimum atomic E-state index is -0.969. The van der Waals surface area contributed by atoms with Crippen LogP contribution < -0.4 is 25.2 Å². The summed E-state index contributed by atoms with van der Waals surface area (Å²) in [7, 11) is 0. The number of amides is 8. The maximum absolute atomic E-state index is 13.4. The fraction of sp³-hybridized carbons (Fsp3) is 0.299. The summed E-state index contributed by atoms with van der Waals surface area (Å²) in [6.07, 6.45) is 14.6. The second-order valence-corrected chi connectivity index (χ2v) is 32.5. The van der Waals surface area contributed by atoms with Gasteiger partial charge in [-0.1, -0.05) is 152 Å². The number of rotatable bonds is 21. The molecule has 11 aromatic rings. The molecule has 9 aromatic carbocycles. The Balaban J connectivity index is 0.000000165. The van der Waals surface area contributed by atoms with Gasteiger partial charge in [-0.25, -0.2) is 0 Å². The van der Waals surface area contributed by atoms with Crippen molar-refractivity contribution in [2.45, 2.75) is 120 Å². The fourth-order valence-corrected chi connectivity index (χ4v) is 19.1. The number of phenolic OH excluding ortho intramolecular Hbond substituents is 1. The highest BCUT2D eigenvalue weighted by Gasteiger charge is 2.47. The maximum atomic E-state index is 13.4. The molecule has 8 amide bonds. The molecule has 2 aromatic heterocycles. The van der Waals surface area contributed by atoms with E-state index in [2.05, 4.69) is 193 Å². The molecule has 22 heteroatoms. The molecule has 4 saturated heterocycles. The number of anilines is 2. The molecule has 0 radical (unpaired) electrons. The zero-order chi connectivity index (χ0) is 81.2. The average Bonchev–Trinajstić information content (AvgIpc) is 1.74. The summed E-state index contributed by atoms with van der Waals surface area (Å²) in [4.78, 5) is 112. The number of imide groups is 4. The van der Waals surface area contributed by atoms with E-state index in [1.807, 2.05) is 64.2 Å². The number of carbonyl (C=O) groups is 8. The third kappa shape index (κ3) is 16.3. The van der Waals surface area contributed by atoms with Gasteiger partial charge in [0.2, 0.25) is 23.6 Å². The lowest BCUT2D eigenvalue weighted by Gasteiger charge is -2.36. The average molecular weight is 1590 g/mol. The van der Waals surface area contributed by atoms with Gasteiger partial charge in [0, 0.05) is 138 Å². The first-order chi connectivity index (χ1) is 58.2. The highest BCUT2D eigenvalue weighted by Crippen LogP contribution is 2.50. The first kappa shape index (κ1) is 77.3. The Morgan fingerprint density at radius 3 is 1.27 bits per heavy atom. The number of piperidine rings is 2. The second kappa shape index (κ2) is 34.0. The first-order valence-corrected chi connectivity index (χ1v) is 41.8. The molecule has 0 bridgehead atoms. The molecule has 4 fully saturated rings. The van der Waals surface area contributed by atoms with Crippen LogP contribution in [0.5, 0.6) is 11.5 Å². The predicted molar refractivity (Wildman–Crippen MR) is 452 cm³/mol. The van der Waals surface area contributed by atoms with Crippen molar-refractivity contribution in [1.29, 1.82) is 0 Å². The maximum Gasteiger partial charge on any atom is 0.262 e. The lowest BCUT2D eigenvalue weighted by Crippen LogP contribution is -2.54. The number of nitrogens with one attached hydrogen (secondary N) is 2. The fourth-order valence-electron chi connectivity index (χ4n) is 19.1. The van der Waals surface area contributed by atoms with Crippen LogP contribution in [0.25, 0.3) is 22.3 Å². The van der Waals surface area contributed by atoms with Crippen LogP contribution in [0.3, 0.4) is 0 Å². The second-order valence-electron chi connectivity index (χ2n) is 32.5. The van der Waals surface area contributed by atoms with Gasteiger partial charge in [-0.2, -0.15) is 10.2 Å². The van der Waals surface area contributed by atoms with Crippen LogP contribution in [0.4, 0.5) is 11.4 Å². The van der Waals surface area contributed by atoms with Gasteiger partial charge in [0.25, 0.3) is 23.6 Å². The van der Waals surface area contributed by atoms with Crippen molar-refractivity contribution in [1.82, 2.24) is 49.8 Å². The first-order valence-electron chi connectivity index (χ1n) is 41.8. The number of hydrogen-bond donors (Lipinski definition) is 3. The van der Waals surface area contributed by atoms with E-state index < -0.39 is 47.5 Å². The van der Waals surface area contributed by atoms with Gasteiger partial charge in [0.05, 0.1) is 34.6 Å². The minimum Gasteiger partial charge on any atom is -0.508 e. The van der Waals surface area contributed by atoms with Gasteiger partial charge < -0.3 is 19.6 Å². The highest BCUT2D eigenvalue weighted by molar-refractivity contribution is 6.25. The van der Waals surface area contributed by atoms with Crippen molar-refractivity contribution < 1.29 is 48.2 Å². The van der Waals surface area contributed by atoms with Crippen molar-refractivity contribution in [3.05, 3.63) is 309 Å². The van der Waals surface area contributed by atoms with Gasteiger partial charge in [0.1, 0.15) is 30.2 Å². The van der Waals surface area contributed by atoms with Gasteiger partial charge in [-0.3, -0.25) is 78.0 Å². The Hall–Kier alpha value is -12.9. The third-order valence-electron chi connectivity index (χ3n) is 25.4. The molecule has 8 heterocycles. The van der Waals surface area contributed by atoms with E-state index in [9.17, 15) is 43.5 Å². The molecule has 4 unspecified atom stereocenters. The molecule has 6 aliphatic heterocycles. The molecule has 6 atom stereocenters. The van der Waals surface area contributed by atoms with E-state index in [-0.39, 0.29) is 49.3 Å². The van der Waals surface area contributed by atoms with Crippen LogP contribution in [0.15, 0.2) is 237 Å². The zero-order valence-corrected chi connectivity index (χ0v) is 66.3. The number of piperazine rings is 2. The number of benzene rings is 9. The number of hydrogen-bond acceptors (Lipinski definition) is 16. The molecule has 8 aliphatic rings. The standard InChI is InChI=1S/C52H50N6O5.C45H44N6O5/c59-48-23-22-47(50(60)54-48)58-51(61)45-20-17-41(31-46(45)52(58)62)56-28-26-55(27-29-56)24-7-25-57-33-40(32-53-57)36-12-14-38(15-13-36)49-43(37-10-5-2-6-11-37)19-16-39-30-42(18-21-44(39)49)63-34-35-8-3-1-4-9-35;52-35-13-16-37-32(25-35)11-14-36(30-5-2-1-3-6-30)42(37)31-9-7-29(8-10-31)33-27-46-50(28-33)20-4-19-48-21-23-49(24-22-48)34-12-15-38-39(26-34)45(56)51(44(38)55)40-17-18-41(53)47-43(40)54/h1-6,8-15,17-18,20-21,30-33,43,47,49H,7,16,19,22-29,34H2,(H,54,59,60);1-3,5-10,12-13,15-16,25-28,36,40,42,52H,4,11,14,17-24H2,(H,47,53,54)/t43-,47?,49?;36-,40?,42?/m11/s1. The number of nitrogens with zero attached hydrogens (tertiary/aromatic N) is 10. The monoisotopic (exact) mass is 1590 g/mol. The molecule has 3 N–H and O–H groups in total. The number of aromatic hydroxyl groups is 1. The predicted octanol–water partition coefficient (Wildman–Crippen LogP) is 13.3. The molecule has 22 nitrogen and oxygen atoms in total. The molecule has 19 rings (SSSR count). The number of ether oxygens (including phenoxy) is 1. The smallest absolute Gasteiger partial charge is 0.262 e. The zero-order valence-electron chi connectivity index (χ0n) is 66.3. The lowest BCUT2D eigenvalue weighted by molar-refractivity contribution is -0.137. The van der Waals surface area contributed by atoms with Crippen molar-refractivity contribution >= 4 is 58.6 Å². The summed E-state index contributed by atoms with van der Waals surface area (Å²) >= 11 is 0. The third-order valence-corrected chi connectivity index (χ3v) is 25.4. The van der Waals surface area contributed by atoms with E-state index in [0.29, 0.717) is 46.4 Å². The molecule has 119 heavy (non-hydrogen) atoms. The molecule has 0 saturated carbocycles. The Labute approximate surface area is 691 Å². The summed E-state index contributed by atoms with van der Waals surface area (Å²) in [5.74, 6) is -1.49. The van der Waals surface area contributed by atoms with Crippen molar-refractivity contribution in [2.75, 3.05) is 75.2 Å².